The molecule has 0 bridgehead atoms. The van der Waals surface area contributed by atoms with E-state index < -0.39 is 0 Å². The fraction of sp³-hybridized carbons (Fsp3) is 0.458. The first-order valence-electron chi connectivity index (χ1n) is 10.3. The summed E-state index contributed by atoms with van der Waals surface area (Å²) in [6.07, 6.45) is 1.14. The molecule has 0 unspecified atom stereocenters. The summed E-state index contributed by atoms with van der Waals surface area (Å²) in [4.78, 5) is 5.80. The van der Waals surface area contributed by atoms with Crippen LogP contribution < -0.4 is 4.90 Å². The molecule has 1 atom stereocenters. The molecular formula is C24H30N2OS. The Bertz CT molecular complexity index is 843. The first kappa shape index (κ1) is 19.4. The van der Waals surface area contributed by atoms with Gasteiger partial charge in [-0.15, -0.1) is 0 Å². The molecule has 0 spiro atoms. The minimum absolute atomic E-state index is 0.120. The van der Waals surface area contributed by atoms with E-state index in [-0.39, 0.29) is 5.54 Å². The third-order valence-corrected chi connectivity index (χ3v) is 6.61. The summed E-state index contributed by atoms with van der Waals surface area (Å²) in [5, 5.41) is 0. The van der Waals surface area contributed by atoms with Crippen LogP contribution in [0.25, 0.3) is 0 Å². The predicted octanol–water partition coefficient (Wildman–Crippen LogP) is 4.99. The minimum Gasteiger partial charge on any atom is -0.378 e. The molecular weight excluding hydrogens is 364 g/mol. The molecule has 2 aliphatic heterocycles. The van der Waals surface area contributed by atoms with E-state index in [1.54, 1.807) is 0 Å². The van der Waals surface area contributed by atoms with Crippen molar-refractivity contribution in [2.75, 3.05) is 31.2 Å². The topological polar surface area (TPSA) is 15.7 Å². The normalized spacial score (nSPS) is 21.3. The van der Waals surface area contributed by atoms with Crippen molar-refractivity contribution in [1.82, 2.24) is 4.90 Å². The third-order valence-electron chi connectivity index (χ3n) is 6.11. The number of hydrogen-bond donors (Lipinski definition) is 0. The number of ether oxygens (including phenoxy) is 1. The molecule has 2 aromatic rings. The van der Waals surface area contributed by atoms with Gasteiger partial charge in [0.2, 0.25) is 0 Å². The summed E-state index contributed by atoms with van der Waals surface area (Å²) in [7, 11) is 0. The molecule has 4 heteroatoms. The van der Waals surface area contributed by atoms with E-state index in [1.807, 2.05) is 0 Å². The van der Waals surface area contributed by atoms with Gasteiger partial charge in [0.05, 0.1) is 13.2 Å². The van der Waals surface area contributed by atoms with E-state index in [2.05, 4.69) is 79.1 Å². The highest BCUT2D eigenvalue weighted by atomic mass is 32.1. The van der Waals surface area contributed by atoms with Gasteiger partial charge in [-0.3, -0.25) is 0 Å². The Morgan fingerprint density at radius 2 is 1.82 bits per heavy atom. The van der Waals surface area contributed by atoms with Gasteiger partial charge in [0.25, 0.3) is 0 Å². The van der Waals surface area contributed by atoms with Crippen molar-refractivity contribution in [3.63, 3.8) is 0 Å². The second-order valence-electron chi connectivity index (χ2n) is 8.67. The average Bonchev–Trinajstić information content (AvgIpc) is 2.71. The number of morpholine rings is 1. The second-order valence-corrected chi connectivity index (χ2v) is 9.05. The Labute approximate surface area is 174 Å². The molecule has 1 saturated heterocycles. The van der Waals surface area contributed by atoms with Crippen molar-refractivity contribution in [3.8, 4) is 0 Å². The molecule has 0 N–H and O–H groups in total. The highest BCUT2D eigenvalue weighted by molar-refractivity contribution is 7.80. The summed E-state index contributed by atoms with van der Waals surface area (Å²) in [5.74, 6) is 0.518. The summed E-state index contributed by atoms with van der Waals surface area (Å²) < 4.78 is 5.48. The van der Waals surface area contributed by atoms with Gasteiger partial charge < -0.3 is 14.5 Å². The smallest absolute Gasteiger partial charge is 0.109 e. The van der Waals surface area contributed by atoms with Crippen LogP contribution in [-0.2, 0) is 11.3 Å². The van der Waals surface area contributed by atoms with Crippen molar-refractivity contribution in [2.24, 2.45) is 0 Å². The van der Waals surface area contributed by atoms with Gasteiger partial charge in [-0.1, -0.05) is 49.5 Å². The Morgan fingerprint density at radius 1 is 1.11 bits per heavy atom. The number of nitrogens with zero attached hydrogens (tertiary/aromatic N) is 2. The molecule has 2 aromatic carbocycles. The van der Waals surface area contributed by atoms with E-state index in [0.29, 0.717) is 5.92 Å². The van der Waals surface area contributed by atoms with Crippen LogP contribution in [0.4, 0.5) is 5.69 Å². The molecule has 3 nitrogen and oxygen atoms in total. The molecule has 0 radical (unpaired) electrons. The van der Waals surface area contributed by atoms with Gasteiger partial charge in [-0.25, -0.2) is 0 Å². The largest absolute Gasteiger partial charge is 0.378 e. The second kappa shape index (κ2) is 7.84. The number of anilines is 1. The number of hydrogen-bond acceptors (Lipinski definition) is 3. The Hall–Kier alpha value is -1.91. The van der Waals surface area contributed by atoms with Crippen LogP contribution in [-0.4, -0.2) is 41.7 Å². The van der Waals surface area contributed by atoms with Crippen LogP contribution in [0.15, 0.2) is 48.5 Å². The molecule has 0 aromatic heterocycles. The Kier molecular flexibility index (Phi) is 5.44. The zero-order chi connectivity index (χ0) is 19.7. The summed E-state index contributed by atoms with van der Waals surface area (Å²) in [6.45, 7) is 11.3. The fourth-order valence-corrected chi connectivity index (χ4v) is 4.95. The van der Waals surface area contributed by atoms with Gasteiger partial charge in [0.15, 0.2) is 0 Å². The lowest BCUT2D eigenvalue weighted by Crippen LogP contribution is -2.48. The highest BCUT2D eigenvalue weighted by Gasteiger charge is 2.36. The molecule has 2 heterocycles. The molecule has 0 aliphatic carbocycles. The van der Waals surface area contributed by atoms with Crippen molar-refractivity contribution >= 4 is 22.9 Å². The maximum Gasteiger partial charge on any atom is 0.109 e. The van der Waals surface area contributed by atoms with Crippen LogP contribution in [0.3, 0.4) is 0 Å². The predicted molar refractivity (Wildman–Crippen MR) is 120 cm³/mol. The van der Waals surface area contributed by atoms with Crippen LogP contribution in [0.5, 0.6) is 0 Å². The van der Waals surface area contributed by atoms with E-state index >= 15 is 0 Å². The summed E-state index contributed by atoms with van der Waals surface area (Å²) in [6, 6.07) is 17.6. The maximum absolute atomic E-state index is 5.82. The lowest BCUT2D eigenvalue weighted by Gasteiger charge is -2.48. The van der Waals surface area contributed by atoms with Crippen molar-refractivity contribution in [3.05, 3.63) is 65.2 Å². The molecule has 0 saturated carbocycles. The molecule has 2 aliphatic rings. The number of thiocarbonyl (C=S) groups is 1. The van der Waals surface area contributed by atoms with Gasteiger partial charge >= 0.3 is 0 Å². The van der Waals surface area contributed by atoms with Gasteiger partial charge in [0, 0.05) is 36.4 Å². The molecule has 148 valence electrons. The van der Waals surface area contributed by atoms with Crippen molar-refractivity contribution in [1.29, 1.82) is 0 Å². The van der Waals surface area contributed by atoms with Crippen molar-refractivity contribution < 1.29 is 4.74 Å². The van der Waals surface area contributed by atoms with Crippen LogP contribution in [0, 0.1) is 0 Å². The minimum atomic E-state index is 0.120. The van der Waals surface area contributed by atoms with E-state index in [0.717, 1.165) is 44.3 Å². The first-order chi connectivity index (χ1) is 13.5. The Morgan fingerprint density at radius 3 is 2.54 bits per heavy atom. The standard InChI is InChI=1S/C24H30N2OS/c1-18-16-24(2,3)26(17-19-7-5-4-6-8-19)22-10-9-20(15-21(18)22)23(28)25-11-13-27-14-12-25/h4-10,15,18H,11-14,16-17H2,1-3H3/t18-/m0/s1. The van der Waals surface area contributed by atoms with Gasteiger partial charge in [-0.05, 0) is 55.5 Å². The van der Waals surface area contributed by atoms with Crippen LogP contribution in [0.1, 0.15) is 49.8 Å². The SMILES string of the molecule is C[C@H]1CC(C)(C)N(Cc2ccccc2)c2ccc(C(=S)N3CCOCC3)cc21. The quantitative estimate of drug-likeness (QED) is 0.682. The lowest BCUT2D eigenvalue weighted by atomic mass is 9.79. The van der Waals surface area contributed by atoms with E-state index in [1.165, 1.54) is 22.4 Å². The van der Waals surface area contributed by atoms with Gasteiger partial charge in [0.1, 0.15) is 4.99 Å². The Balaban J connectivity index is 1.66. The zero-order valence-corrected chi connectivity index (χ0v) is 18.0. The average molecular weight is 395 g/mol. The first-order valence-corrected chi connectivity index (χ1v) is 10.7. The van der Waals surface area contributed by atoms with Crippen molar-refractivity contribution in [2.45, 2.75) is 45.2 Å². The highest BCUT2D eigenvalue weighted by Crippen LogP contribution is 2.44. The monoisotopic (exact) mass is 394 g/mol. The number of fused-ring (bicyclic) bond motifs is 1. The van der Waals surface area contributed by atoms with E-state index in [9.17, 15) is 0 Å². The summed E-state index contributed by atoms with van der Waals surface area (Å²) in [5.41, 5.74) is 5.41. The molecule has 28 heavy (non-hydrogen) atoms. The van der Waals surface area contributed by atoms with Crippen LogP contribution in [0.2, 0.25) is 0 Å². The van der Waals surface area contributed by atoms with Gasteiger partial charge in [-0.2, -0.15) is 0 Å². The number of benzene rings is 2. The molecule has 0 amide bonds. The van der Waals surface area contributed by atoms with Crippen LogP contribution >= 0.6 is 12.2 Å². The third kappa shape index (κ3) is 3.81. The summed E-state index contributed by atoms with van der Waals surface area (Å²) >= 11 is 5.82. The fourth-order valence-electron chi connectivity index (χ4n) is 4.64. The lowest BCUT2D eigenvalue weighted by molar-refractivity contribution is 0.0693. The number of rotatable bonds is 3. The molecule has 1 fully saturated rings. The zero-order valence-electron chi connectivity index (χ0n) is 17.1. The molecule has 4 rings (SSSR count). The van der Waals surface area contributed by atoms with E-state index in [4.69, 9.17) is 17.0 Å². The maximum atomic E-state index is 5.82.